The van der Waals surface area contributed by atoms with E-state index in [0.717, 1.165) is 24.4 Å². The summed E-state index contributed by atoms with van der Waals surface area (Å²) in [7, 11) is 0. The average Bonchev–Trinajstić information content (AvgIpc) is 3.09. The van der Waals surface area contributed by atoms with Crippen molar-refractivity contribution in [3.8, 4) is 0 Å². The summed E-state index contributed by atoms with van der Waals surface area (Å²) in [5, 5.41) is 3.72. The molecule has 1 saturated carbocycles. The molecule has 0 aromatic heterocycles. The normalized spacial score (nSPS) is 32.9. The molecule has 2 rings (SSSR count). The van der Waals surface area contributed by atoms with Crippen molar-refractivity contribution in [3.63, 3.8) is 0 Å². The number of hydrogen-bond acceptors (Lipinski definition) is 2. The third kappa shape index (κ3) is 2.82. The monoisotopic (exact) mass is 208 g/mol. The van der Waals surface area contributed by atoms with Gasteiger partial charge in [0.15, 0.2) is 0 Å². The quantitative estimate of drug-likeness (QED) is 0.695. The smallest absolute Gasteiger partial charge is 0.0224 e. The maximum atomic E-state index is 3.82. The van der Waals surface area contributed by atoms with Crippen LogP contribution in [0.15, 0.2) is 12.7 Å². The van der Waals surface area contributed by atoms with E-state index >= 15 is 0 Å². The molecule has 0 aromatic rings. The number of piperazine rings is 1. The highest BCUT2D eigenvalue weighted by molar-refractivity contribution is 4.94. The highest BCUT2D eigenvalue weighted by Gasteiger charge is 2.36. The van der Waals surface area contributed by atoms with Gasteiger partial charge in [0.1, 0.15) is 0 Å². The molecule has 1 N–H and O–H groups in total. The van der Waals surface area contributed by atoms with Crippen molar-refractivity contribution in [2.75, 3.05) is 19.6 Å². The van der Waals surface area contributed by atoms with Gasteiger partial charge in [0.25, 0.3) is 0 Å². The van der Waals surface area contributed by atoms with E-state index in [2.05, 4.69) is 23.7 Å². The molecule has 2 heteroatoms. The molecule has 0 radical (unpaired) electrons. The lowest BCUT2D eigenvalue weighted by molar-refractivity contribution is 0.121. The van der Waals surface area contributed by atoms with Crippen molar-refractivity contribution in [2.45, 2.75) is 44.7 Å². The van der Waals surface area contributed by atoms with Gasteiger partial charge in [0.2, 0.25) is 0 Å². The molecule has 86 valence electrons. The van der Waals surface area contributed by atoms with E-state index < -0.39 is 0 Å². The van der Waals surface area contributed by atoms with Gasteiger partial charge in [0.05, 0.1) is 0 Å². The zero-order valence-electron chi connectivity index (χ0n) is 9.91. The van der Waals surface area contributed by atoms with Gasteiger partial charge in [-0.3, -0.25) is 4.90 Å². The third-order valence-corrected chi connectivity index (χ3v) is 3.85. The summed E-state index contributed by atoms with van der Waals surface area (Å²) in [5.41, 5.74) is 0. The largest absolute Gasteiger partial charge is 0.311 e. The lowest BCUT2D eigenvalue weighted by Crippen LogP contribution is -2.57. The highest BCUT2D eigenvalue weighted by Crippen LogP contribution is 2.34. The molecule has 0 spiro atoms. The van der Waals surface area contributed by atoms with Crippen LogP contribution in [0, 0.1) is 5.92 Å². The molecule has 0 aromatic carbocycles. The average molecular weight is 208 g/mol. The predicted molar refractivity (Wildman–Crippen MR) is 65.0 cm³/mol. The van der Waals surface area contributed by atoms with Crippen molar-refractivity contribution in [1.29, 1.82) is 0 Å². The summed E-state index contributed by atoms with van der Waals surface area (Å²) in [5.74, 6) is 0.981. The predicted octanol–water partition coefficient (Wildman–Crippen LogP) is 2.02. The Kier molecular flexibility index (Phi) is 3.81. The van der Waals surface area contributed by atoms with Gasteiger partial charge in [-0.25, -0.2) is 0 Å². The lowest BCUT2D eigenvalue weighted by atomic mass is 10.0. The van der Waals surface area contributed by atoms with Crippen LogP contribution in [0.2, 0.25) is 0 Å². The third-order valence-electron chi connectivity index (χ3n) is 3.85. The fourth-order valence-electron chi connectivity index (χ4n) is 2.63. The van der Waals surface area contributed by atoms with Crippen LogP contribution in [-0.4, -0.2) is 36.6 Å². The second-order valence-electron chi connectivity index (χ2n) is 4.99. The van der Waals surface area contributed by atoms with Gasteiger partial charge in [-0.2, -0.15) is 0 Å². The van der Waals surface area contributed by atoms with Crippen LogP contribution >= 0.6 is 0 Å². The summed E-state index contributed by atoms with van der Waals surface area (Å²) < 4.78 is 0. The van der Waals surface area contributed by atoms with Crippen molar-refractivity contribution in [3.05, 3.63) is 12.7 Å². The minimum absolute atomic E-state index is 0.750. The van der Waals surface area contributed by atoms with Gasteiger partial charge in [-0.1, -0.05) is 13.0 Å². The van der Waals surface area contributed by atoms with Gasteiger partial charge in [-0.15, -0.1) is 6.58 Å². The fourth-order valence-corrected chi connectivity index (χ4v) is 2.63. The minimum atomic E-state index is 0.750. The highest BCUT2D eigenvalue weighted by atomic mass is 15.2. The van der Waals surface area contributed by atoms with Crippen LogP contribution in [0.4, 0.5) is 0 Å². The van der Waals surface area contributed by atoms with Crippen LogP contribution in [-0.2, 0) is 0 Å². The topological polar surface area (TPSA) is 15.3 Å². The van der Waals surface area contributed by atoms with E-state index in [1.807, 2.05) is 6.08 Å². The molecule has 2 unspecified atom stereocenters. The summed E-state index contributed by atoms with van der Waals surface area (Å²) in [6.45, 7) is 9.77. The molecule has 2 fully saturated rings. The number of rotatable bonds is 5. The van der Waals surface area contributed by atoms with Crippen LogP contribution in [0.3, 0.4) is 0 Å². The molecule has 15 heavy (non-hydrogen) atoms. The maximum absolute atomic E-state index is 3.82. The summed E-state index contributed by atoms with van der Waals surface area (Å²) >= 11 is 0. The van der Waals surface area contributed by atoms with E-state index in [1.165, 1.54) is 38.9 Å². The zero-order valence-corrected chi connectivity index (χ0v) is 9.91. The second-order valence-corrected chi connectivity index (χ2v) is 4.99. The first-order valence-corrected chi connectivity index (χ1v) is 6.43. The van der Waals surface area contributed by atoms with Gasteiger partial charge < -0.3 is 5.32 Å². The molecular formula is C13H24N2. The van der Waals surface area contributed by atoms with Crippen LogP contribution < -0.4 is 5.32 Å². The van der Waals surface area contributed by atoms with Gasteiger partial charge >= 0.3 is 0 Å². The Morgan fingerprint density at radius 1 is 1.47 bits per heavy atom. The molecule has 1 aliphatic carbocycles. The Morgan fingerprint density at radius 2 is 2.27 bits per heavy atom. The Labute approximate surface area is 93.7 Å². The lowest BCUT2D eigenvalue weighted by Gasteiger charge is -2.40. The van der Waals surface area contributed by atoms with Gasteiger partial charge in [0, 0.05) is 31.7 Å². The van der Waals surface area contributed by atoms with E-state index in [4.69, 9.17) is 0 Å². The van der Waals surface area contributed by atoms with Crippen molar-refractivity contribution in [2.24, 2.45) is 5.92 Å². The number of hydrogen-bond donors (Lipinski definition) is 1. The molecule has 1 heterocycles. The number of nitrogens with zero attached hydrogens (tertiary/aromatic N) is 1. The van der Waals surface area contributed by atoms with E-state index in [9.17, 15) is 0 Å². The molecule has 0 bridgehead atoms. The summed E-state index contributed by atoms with van der Waals surface area (Å²) in [6, 6.07) is 1.53. The van der Waals surface area contributed by atoms with E-state index in [0.29, 0.717) is 0 Å². The first kappa shape index (κ1) is 11.2. The van der Waals surface area contributed by atoms with Crippen LogP contribution in [0.5, 0.6) is 0 Å². The number of nitrogens with one attached hydrogen (secondary N) is 1. The van der Waals surface area contributed by atoms with Crippen molar-refractivity contribution in [1.82, 2.24) is 10.2 Å². The van der Waals surface area contributed by atoms with Crippen molar-refractivity contribution < 1.29 is 0 Å². The summed E-state index contributed by atoms with van der Waals surface area (Å²) in [4.78, 5) is 2.67. The van der Waals surface area contributed by atoms with Crippen LogP contribution in [0.25, 0.3) is 0 Å². The first-order chi connectivity index (χ1) is 7.35. The standard InChI is InChI=1S/C13H24N2/c1-3-5-8-15-10-13(11-6-7-11)14-9-12(15)4-2/h3,11-14H,1,4-10H2,2H3. The Bertz CT molecular complexity index is 211. The molecule has 1 aliphatic heterocycles. The minimum Gasteiger partial charge on any atom is -0.311 e. The maximum Gasteiger partial charge on any atom is 0.0224 e. The molecule has 0 amide bonds. The van der Waals surface area contributed by atoms with Crippen molar-refractivity contribution >= 4 is 0 Å². The second kappa shape index (κ2) is 5.13. The Morgan fingerprint density at radius 3 is 2.87 bits per heavy atom. The molecule has 2 aliphatic rings. The first-order valence-electron chi connectivity index (χ1n) is 6.43. The van der Waals surface area contributed by atoms with Crippen LogP contribution in [0.1, 0.15) is 32.6 Å². The molecule has 2 atom stereocenters. The summed E-state index contributed by atoms with van der Waals surface area (Å²) in [6.07, 6.45) is 7.34. The van der Waals surface area contributed by atoms with E-state index in [-0.39, 0.29) is 0 Å². The van der Waals surface area contributed by atoms with E-state index in [1.54, 1.807) is 0 Å². The fraction of sp³-hybridized carbons (Fsp3) is 0.846. The SMILES string of the molecule is C=CCCN1CC(C2CC2)NCC1CC. The van der Waals surface area contributed by atoms with Gasteiger partial charge in [-0.05, 0) is 31.6 Å². The Hall–Kier alpha value is -0.340. The molecular weight excluding hydrogens is 184 g/mol. The Balaban J connectivity index is 1.85. The zero-order chi connectivity index (χ0) is 10.7. The molecule has 1 saturated heterocycles. The molecule has 2 nitrogen and oxygen atoms in total.